The van der Waals surface area contributed by atoms with E-state index >= 15 is 0 Å². The van der Waals surface area contributed by atoms with Crippen molar-refractivity contribution < 1.29 is 0 Å². The molecule has 82 valence electrons. The maximum atomic E-state index is 3.87. The van der Waals surface area contributed by atoms with Gasteiger partial charge in [0.25, 0.3) is 0 Å². The Morgan fingerprint density at radius 3 is 2.47 bits per heavy atom. The minimum absolute atomic E-state index is 0.855. The maximum absolute atomic E-state index is 3.87. The van der Waals surface area contributed by atoms with E-state index in [0.29, 0.717) is 0 Å². The molecule has 0 unspecified atom stereocenters. The van der Waals surface area contributed by atoms with Crippen LogP contribution in [0.1, 0.15) is 32.3 Å². The van der Waals surface area contributed by atoms with E-state index in [9.17, 15) is 0 Å². The molecule has 0 saturated heterocycles. The monoisotopic (exact) mass is 203 g/mol. The Morgan fingerprint density at radius 2 is 1.93 bits per heavy atom. The molecular formula is C14H21N. The van der Waals surface area contributed by atoms with Gasteiger partial charge in [-0.05, 0) is 37.5 Å². The third-order valence-electron chi connectivity index (χ3n) is 2.37. The summed E-state index contributed by atoms with van der Waals surface area (Å²) in [5, 5.41) is 3.33. The molecule has 0 radical (unpaired) electrons. The Kier molecular flexibility index (Phi) is 4.96. The number of aryl methyl sites for hydroxylation is 1. The van der Waals surface area contributed by atoms with Crippen molar-refractivity contribution in [3.63, 3.8) is 0 Å². The molecule has 0 heterocycles. The molecule has 0 amide bonds. The van der Waals surface area contributed by atoms with Gasteiger partial charge < -0.3 is 5.32 Å². The first kappa shape index (κ1) is 11.8. The van der Waals surface area contributed by atoms with E-state index in [0.717, 1.165) is 12.1 Å². The molecule has 1 heteroatoms. The second kappa shape index (κ2) is 6.28. The molecule has 1 rings (SSSR count). The van der Waals surface area contributed by atoms with Crippen LogP contribution in [0.2, 0.25) is 0 Å². The minimum Gasteiger partial charge on any atom is -0.381 e. The van der Waals surface area contributed by atoms with Crippen molar-refractivity contribution in [2.75, 3.05) is 11.9 Å². The summed E-state index contributed by atoms with van der Waals surface area (Å²) in [6, 6.07) is 8.70. The van der Waals surface area contributed by atoms with E-state index in [2.05, 4.69) is 43.1 Å². The zero-order valence-corrected chi connectivity index (χ0v) is 9.84. The van der Waals surface area contributed by atoms with Gasteiger partial charge >= 0.3 is 0 Å². The number of hydrogen-bond acceptors (Lipinski definition) is 1. The summed E-state index contributed by atoms with van der Waals surface area (Å²) in [6.45, 7) is 8.98. The molecule has 15 heavy (non-hydrogen) atoms. The summed E-state index contributed by atoms with van der Waals surface area (Å²) in [4.78, 5) is 0. The van der Waals surface area contributed by atoms with Gasteiger partial charge in [0.2, 0.25) is 0 Å². The van der Waals surface area contributed by atoms with Gasteiger partial charge in [-0.25, -0.2) is 0 Å². The standard InChI is InChI=1S/C14H21N/c1-4-5-6-13-7-9-14(10-8-13)15-11-12(2)3/h7-10,15H,2,4-6,11H2,1,3H3. The van der Waals surface area contributed by atoms with Gasteiger partial charge in [0, 0.05) is 12.2 Å². The van der Waals surface area contributed by atoms with Gasteiger partial charge in [-0.1, -0.05) is 37.6 Å². The van der Waals surface area contributed by atoms with E-state index in [-0.39, 0.29) is 0 Å². The summed E-state index contributed by atoms with van der Waals surface area (Å²) in [5.74, 6) is 0. The van der Waals surface area contributed by atoms with Crippen LogP contribution in [-0.2, 0) is 6.42 Å². The predicted molar refractivity (Wildman–Crippen MR) is 68.4 cm³/mol. The van der Waals surface area contributed by atoms with Crippen molar-refractivity contribution in [1.82, 2.24) is 0 Å². The van der Waals surface area contributed by atoms with E-state index in [1.807, 2.05) is 6.92 Å². The van der Waals surface area contributed by atoms with E-state index in [1.54, 1.807) is 0 Å². The lowest BCUT2D eigenvalue weighted by Gasteiger charge is -2.06. The number of anilines is 1. The summed E-state index contributed by atoms with van der Waals surface area (Å²) >= 11 is 0. The topological polar surface area (TPSA) is 12.0 Å². The van der Waals surface area contributed by atoms with Crippen LogP contribution in [-0.4, -0.2) is 6.54 Å². The van der Waals surface area contributed by atoms with Gasteiger partial charge in [-0.15, -0.1) is 0 Å². The van der Waals surface area contributed by atoms with Gasteiger partial charge in [0.05, 0.1) is 0 Å². The summed E-state index contributed by atoms with van der Waals surface area (Å²) in [7, 11) is 0. The van der Waals surface area contributed by atoms with Gasteiger partial charge in [-0.3, -0.25) is 0 Å². The fraction of sp³-hybridized carbons (Fsp3) is 0.429. The first-order valence-electron chi connectivity index (χ1n) is 5.69. The molecule has 0 aliphatic heterocycles. The molecule has 1 aromatic rings. The zero-order valence-electron chi connectivity index (χ0n) is 9.84. The molecule has 0 fully saturated rings. The minimum atomic E-state index is 0.855. The molecular weight excluding hydrogens is 182 g/mol. The molecule has 0 aliphatic carbocycles. The molecule has 0 saturated carbocycles. The molecule has 1 N–H and O–H groups in total. The van der Waals surface area contributed by atoms with Crippen molar-refractivity contribution in [2.24, 2.45) is 0 Å². The Balaban J connectivity index is 2.45. The van der Waals surface area contributed by atoms with Crippen LogP contribution in [0.4, 0.5) is 5.69 Å². The van der Waals surface area contributed by atoms with Crippen LogP contribution in [0.15, 0.2) is 36.4 Å². The first-order chi connectivity index (χ1) is 7.22. The lowest BCUT2D eigenvalue weighted by Crippen LogP contribution is -2.01. The Bertz CT molecular complexity index is 298. The fourth-order valence-corrected chi connectivity index (χ4v) is 1.42. The van der Waals surface area contributed by atoms with Crippen molar-refractivity contribution in [3.05, 3.63) is 42.0 Å². The number of nitrogens with one attached hydrogen (secondary N) is 1. The highest BCUT2D eigenvalue weighted by atomic mass is 14.9. The average Bonchev–Trinajstić information content (AvgIpc) is 2.25. The van der Waals surface area contributed by atoms with Crippen molar-refractivity contribution in [1.29, 1.82) is 0 Å². The molecule has 0 aliphatic rings. The number of unbranched alkanes of at least 4 members (excludes halogenated alkanes) is 1. The average molecular weight is 203 g/mol. The predicted octanol–water partition coefficient (Wildman–Crippen LogP) is 4.02. The molecule has 1 nitrogen and oxygen atoms in total. The summed E-state index contributed by atoms with van der Waals surface area (Å²) in [5.41, 5.74) is 3.76. The SMILES string of the molecule is C=C(C)CNc1ccc(CCCC)cc1. The van der Waals surface area contributed by atoms with Gasteiger partial charge in [0.15, 0.2) is 0 Å². The highest BCUT2D eigenvalue weighted by molar-refractivity contribution is 5.45. The van der Waals surface area contributed by atoms with Crippen molar-refractivity contribution in [3.8, 4) is 0 Å². The van der Waals surface area contributed by atoms with Crippen molar-refractivity contribution >= 4 is 5.69 Å². The van der Waals surface area contributed by atoms with Crippen LogP contribution in [0.5, 0.6) is 0 Å². The first-order valence-corrected chi connectivity index (χ1v) is 5.69. The van der Waals surface area contributed by atoms with Crippen LogP contribution >= 0.6 is 0 Å². The smallest absolute Gasteiger partial charge is 0.0354 e. The van der Waals surface area contributed by atoms with Gasteiger partial charge in [-0.2, -0.15) is 0 Å². The maximum Gasteiger partial charge on any atom is 0.0354 e. The fourth-order valence-electron chi connectivity index (χ4n) is 1.42. The van der Waals surface area contributed by atoms with Gasteiger partial charge in [0.1, 0.15) is 0 Å². The van der Waals surface area contributed by atoms with Crippen LogP contribution < -0.4 is 5.32 Å². The summed E-state index contributed by atoms with van der Waals surface area (Å²) < 4.78 is 0. The summed E-state index contributed by atoms with van der Waals surface area (Å²) in [6.07, 6.45) is 3.73. The van der Waals surface area contributed by atoms with Crippen molar-refractivity contribution in [2.45, 2.75) is 33.1 Å². The Morgan fingerprint density at radius 1 is 1.27 bits per heavy atom. The van der Waals surface area contributed by atoms with E-state index in [1.165, 1.54) is 30.5 Å². The van der Waals surface area contributed by atoms with E-state index < -0.39 is 0 Å². The quantitative estimate of drug-likeness (QED) is 0.689. The normalized spacial score (nSPS) is 10.0. The third-order valence-corrected chi connectivity index (χ3v) is 2.37. The molecule has 1 aromatic carbocycles. The molecule has 0 atom stereocenters. The van der Waals surface area contributed by atoms with Crippen LogP contribution in [0, 0.1) is 0 Å². The largest absolute Gasteiger partial charge is 0.381 e. The lowest BCUT2D eigenvalue weighted by atomic mass is 10.1. The Labute approximate surface area is 93.2 Å². The zero-order chi connectivity index (χ0) is 11.1. The molecule has 0 aromatic heterocycles. The third kappa shape index (κ3) is 4.68. The Hall–Kier alpha value is -1.24. The number of hydrogen-bond donors (Lipinski definition) is 1. The second-order valence-corrected chi connectivity index (χ2v) is 4.11. The second-order valence-electron chi connectivity index (χ2n) is 4.11. The van der Waals surface area contributed by atoms with Crippen LogP contribution in [0.25, 0.3) is 0 Å². The number of benzene rings is 1. The highest BCUT2D eigenvalue weighted by Crippen LogP contribution is 2.11. The lowest BCUT2D eigenvalue weighted by molar-refractivity contribution is 0.795. The highest BCUT2D eigenvalue weighted by Gasteiger charge is 1.94. The number of rotatable bonds is 6. The van der Waals surface area contributed by atoms with E-state index in [4.69, 9.17) is 0 Å². The molecule has 0 spiro atoms. The molecule has 0 bridgehead atoms. The van der Waals surface area contributed by atoms with Crippen LogP contribution in [0.3, 0.4) is 0 Å².